The van der Waals surface area contributed by atoms with Crippen molar-refractivity contribution in [1.82, 2.24) is 15.0 Å². The molecule has 0 aliphatic heterocycles. The second-order valence-electron chi connectivity index (χ2n) is 6.65. The molecule has 0 amide bonds. The smallest absolute Gasteiger partial charge is 0.416 e. The van der Waals surface area contributed by atoms with E-state index in [1.165, 1.54) is 13.4 Å². The molecule has 3 aromatic rings. The first-order chi connectivity index (χ1) is 14.7. The molecule has 166 valence electrons. The van der Waals surface area contributed by atoms with Gasteiger partial charge in [-0.15, -0.1) is 0 Å². The van der Waals surface area contributed by atoms with E-state index in [0.29, 0.717) is 41.4 Å². The van der Waals surface area contributed by atoms with Crippen molar-refractivity contribution >= 4 is 22.5 Å². The normalized spacial score (nSPS) is 12.6. The summed E-state index contributed by atoms with van der Waals surface area (Å²) in [7, 11) is 3.07. The molecule has 0 unspecified atom stereocenters. The molecule has 0 saturated carbocycles. The molecule has 3 rings (SSSR count). The number of aromatic nitrogens is 3. The number of nitrogens with one attached hydrogen (secondary N) is 1. The van der Waals surface area contributed by atoms with Crippen LogP contribution in [0.1, 0.15) is 24.2 Å². The lowest BCUT2D eigenvalue weighted by atomic mass is 10.1. The highest BCUT2D eigenvalue weighted by atomic mass is 19.4. The predicted molar refractivity (Wildman–Crippen MR) is 109 cm³/mol. The number of nitrogens with two attached hydrogens (primary N) is 1. The van der Waals surface area contributed by atoms with Crippen molar-refractivity contribution in [3.05, 3.63) is 41.9 Å². The SMILES string of the molecule is COCCOc1cc2c(N[C@H](C)c3cc(C(F)(F)F)cc(N)n3)ncnc2cc1OC. The van der Waals surface area contributed by atoms with Crippen LogP contribution in [0, 0.1) is 0 Å². The van der Waals surface area contributed by atoms with Crippen LogP contribution in [0.25, 0.3) is 10.9 Å². The van der Waals surface area contributed by atoms with Gasteiger partial charge in [0.25, 0.3) is 0 Å². The number of rotatable bonds is 8. The Bertz CT molecular complexity index is 1060. The second kappa shape index (κ2) is 9.21. The summed E-state index contributed by atoms with van der Waals surface area (Å²) < 4.78 is 55.4. The van der Waals surface area contributed by atoms with E-state index in [4.69, 9.17) is 19.9 Å². The largest absolute Gasteiger partial charge is 0.493 e. The fourth-order valence-electron chi connectivity index (χ4n) is 2.92. The molecule has 3 N–H and O–H groups in total. The summed E-state index contributed by atoms with van der Waals surface area (Å²) in [5.74, 6) is 1.12. The molecule has 8 nitrogen and oxygen atoms in total. The van der Waals surface area contributed by atoms with Gasteiger partial charge in [-0.1, -0.05) is 0 Å². The Labute approximate surface area is 176 Å². The number of ether oxygens (including phenoxy) is 3. The molecule has 31 heavy (non-hydrogen) atoms. The maximum atomic E-state index is 13.1. The molecule has 0 saturated heterocycles. The summed E-state index contributed by atoms with van der Waals surface area (Å²) in [5, 5.41) is 3.68. The standard InChI is InChI=1S/C20H22F3N5O3/c1-11(14-6-12(20(21,22)23)7-18(24)28-14)27-19-13-8-17(31-5-4-29-2)16(30-3)9-15(13)25-10-26-19/h6-11H,4-5H2,1-3H3,(H2,24,28)(H,25,26,27)/t11-/m1/s1. The van der Waals surface area contributed by atoms with Gasteiger partial charge in [-0.3, -0.25) is 0 Å². The van der Waals surface area contributed by atoms with E-state index in [0.717, 1.165) is 12.1 Å². The zero-order chi connectivity index (χ0) is 22.6. The van der Waals surface area contributed by atoms with Crippen LogP contribution in [0.4, 0.5) is 24.8 Å². The van der Waals surface area contributed by atoms with E-state index in [-0.39, 0.29) is 11.5 Å². The van der Waals surface area contributed by atoms with Crippen LogP contribution in [0.2, 0.25) is 0 Å². The van der Waals surface area contributed by atoms with Gasteiger partial charge in [0.05, 0.1) is 36.5 Å². The van der Waals surface area contributed by atoms with Gasteiger partial charge in [-0.25, -0.2) is 15.0 Å². The lowest BCUT2D eigenvalue weighted by Crippen LogP contribution is -2.14. The zero-order valence-corrected chi connectivity index (χ0v) is 17.2. The highest BCUT2D eigenvalue weighted by Crippen LogP contribution is 2.35. The van der Waals surface area contributed by atoms with Crippen LogP contribution in [-0.2, 0) is 10.9 Å². The van der Waals surface area contributed by atoms with Gasteiger partial charge in [-0.2, -0.15) is 13.2 Å². The Kier molecular flexibility index (Phi) is 6.64. The van der Waals surface area contributed by atoms with Gasteiger partial charge < -0.3 is 25.3 Å². The first kappa shape index (κ1) is 22.3. The van der Waals surface area contributed by atoms with Crippen molar-refractivity contribution in [3.63, 3.8) is 0 Å². The minimum atomic E-state index is -4.53. The van der Waals surface area contributed by atoms with E-state index in [2.05, 4.69) is 20.3 Å². The van der Waals surface area contributed by atoms with Crippen molar-refractivity contribution < 1.29 is 27.4 Å². The quantitative estimate of drug-likeness (QED) is 0.513. The number of benzene rings is 1. The van der Waals surface area contributed by atoms with Crippen molar-refractivity contribution in [3.8, 4) is 11.5 Å². The van der Waals surface area contributed by atoms with Crippen LogP contribution in [0.3, 0.4) is 0 Å². The lowest BCUT2D eigenvalue weighted by Gasteiger charge is -2.18. The summed E-state index contributed by atoms with van der Waals surface area (Å²) in [5.41, 5.74) is 5.41. The van der Waals surface area contributed by atoms with Crippen LogP contribution in [0.5, 0.6) is 11.5 Å². The minimum absolute atomic E-state index is 0.129. The Morgan fingerprint density at radius 3 is 2.52 bits per heavy atom. The molecular formula is C20H22F3N5O3. The maximum Gasteiger partial charge on any atom is 0.416 e. The second-order valence-corrected chi connectivity index (χ2v) is 6.65. The maximum absolute atomic E-state index is 13.1. The predicted octanol–water partition coefficient (Wildman–Crippen LogP) is 3.83. The Morgan fingerprint density at radius 2 is 1.84 bits per heavy atom. The van der Waals surface area contributed by atoms with E-state index < -0.39 is 17.8 Å². The monoisotopic (exact) mass is 437 g/mol. The Balaban J connectivity index is 1.95. The fourth-order valence-corrected chi connectivity index (χ4v) is 2.92. The van der Waals surface area contributed by atoms with Crippen molar-refractivity contribution in [2.75, 3.05) is 38.5 Å². The molecule has 0 aliphatic carbocycles. The average Bonchev–Trinajstić information content (AvgIpc) is 2.72. The highest BCUT2D eigenvalue weighted by Gasteiger charge is 2.32. The highest BCUT2D eigenvalue weighted by molar-refractivity contribution is 5.91. The van der Waals surface area contributed by atoms with E-state index in [1.807, 2.05) is 0 Å². The molecular weight excluding hydrogens is 415 g/mol. The molecule has 0 fully saturated rings. The number of methoxy groups -OCH3 is 2. The molecule has 11 heteroatoms. The third-order valence-electron chi connectivity index (χ3n) is 4.45. The molecule has 2 heterocycles. The number of alkyl halides is 3. The Hall–Kier alpha value is -3.34. The number of anilines is 2. The molecule has 0 radical (unpaired) electrons. The van der Waals surface area contributed by atoms with Crippen molar-refractivity contribution in [2.24, 2.45) is 0 Å². The minimum Gasteiger partial charge on any atom is -0.493 e. The summed E-state index contributed by atoms with van der Waals surface area (Å²) in [4.78, 5) is 12.5. The summed E-state index contributed by atoms with van der Waals surface area (Å²) in [6, 6.07) is 4.52. The average molecular weight is 437 g/mol. The van der Waals surface area contributed by atoms with Crippen molar-refractivity contribution in [2.45, 2.75) is 19.1 Å². The summed E-state index contributed by atoms with van der Waals surface area (Å²) in [6.07, 6.45) is -3.19. The third kappa shape index (κ3) is 5.23. The number of fused-ring (bicyclic) bond motifs is 1. The molecule has 1 aromatic carbocycles. The van der Waals surface area contributed by atoms with E-state index >= 15 is 0 Å². The number of pyridine rings is 1. The number of hydrogen-bond donors (Lipinski definition) is 2. The van der Waals surface area contributed by atoms with Crippen LogP contribution in [-0.4, -0.2) is 42.4 Å². The number of nitrogen functional groups attached to an aromatic ring is 1. The van der Waals surface area contributed by atoms with Crippen LogP contribution < -0.4 is 20.5 Å². The van der Waals surface area contributed by atoms with Gasteiger partial charge in [0, 0.05) is 18.6 Å². The Morgan fingerprint density at radius 1 is 1.06 bits per heavy atom. The zero-order valence-electron chi connectivity index (χ0n) is 17.2. The van der Waals surface area contributed by atoms with Crippen LogP contribution >= 0.6 is 0 Å². The summed E-state index contributed by atoms with van der Waals surface area (Å²) in [6.45, 7) is 2.35. The third-order valence-corrected chi connectivity index (χ3v) is 4.45. The molecule has 0 spiro atoms. The van der Waals surface area contributed by atoms with Gasteiger partial charge >= 0.3 is 6.18 Å². The molecule has 0 bridgehead atoms. The van der Waals surface area contributed by atoms with E-state index in [1.54, 1.807) is 26.2 Å². The molecule has 0 aliphatic rings. The van der Waals surface area contributed by atoms with Gasteiger partial charge in [0.15, 0.2) is 11.5 Å². The number of nitrogens with zero attached hydrogens (tertiary/aromatic N) is 3. The van der Waals surface area contributed by atoms with Gasteiger partial charge in [0.1, 0.15) is 24.6 Å². The van der Waals surface area contributed by atoms with Crippen LogP contribution in [0.15, 0.2) is 30.6 Å². The topological polar surface area (TPSA) is 104 Å². The lowest BCUT2D eigenvalue weighted by molar-refractivity contribution is -0.137. The van der Waals surface area contributed by atoms with Gasteiger partial charge in [0.2, 0.25) is 0 Å². The molecule has 1 atom stereocenters. The number of hydrogen-bond acceptors (Lipinski definition) is 8. The van der Waals surface area contributed by atoms with E-state index in [9.17, 15) is 13.2 Å². The molecule has 2 aromatic heterocycles. The first-order valence-electron chi connectivity index (χ1n) is 9.28. The fraction of sp³-hybridized carbons (Fsp3) is 0.350. The number of halogens is 3. The first-order valence-corrected chi connectivity index (χ1v) is 9.28. The van der Waals surface area contributed by atoms with Gasteiger partial charge in [-0.05, 0) is 25.1 Å². The summed E-state index contributed by atoms with van der Waals surface area (Å²) >= 11 is 0. The van der Waals surface area contributed by atoms with Crippen molar-refractivity contribution in [1.29, 1.82) is 0 Å².